The van der Waals surface area contributed by atoms with Crippen molar-refractivity contribution in [1.82, 2.24) is 0 Å². The predicted molar refractivity (Wildman–Crippen MR) is 98.2 cm³/mol. The topological polar surface area (TPSA) is 64.8 Å². The van der Waals surface area contributed by atoms with Crippen LogP contribution in [0.2, 0.25) is 0 Å². The highest BCUT2D eigenvalue weighted by Crippen LogP contribution is 2.34. The molecule has 1 amide bonds. The van der Waals surface area contributed by atoms with Gasteiger partial charge in [0.2, 0.25) is 0 Å². The molecule has 0 radical (unpaired) electrons. The smallest absolute Gasteiger partial charge is 0.265 e. The van der Waals surface area contributed by atoms with Gasteiger partial charge in [-0.2, -0.15) is 0 Å². The van der Waals surface area contributed by atoms with Gasteiger partial charge in [0.05, 0.1) is 12.3 Å². The van der Waals surface area contributed by atoms with Crippen molar-refractivity contribution < 1.29 is 14.3 Å². The monoisotopic (exact) mass is 340 g/mol. The standard InChI is InChI=1S/C20H24N2O3/c1-14-5-3-6-17(11-14)24-10-4-9-22-18-12-16(15(2)21)7-8-19(18)25-13-20(22)23/h3,5-8,11-12,15H,4,9-10,13,21H2,1-2H3. The fourth-order valence-corrected chi connectivity index (χ4v) is 2.87. The van der Waals surface area contributed by atoms with Gasteiger partial charge < -0.3 is 20.1 Å². The molecular formula is C20H24N2O3. The van der Waals surface area contributed by atoms with Crippen LogP contribution in [0.5, 0.6) is 11.5 Å². The number of ether oxygens (including phenoxy) is 2. The number of fused-ring (bicyclic) bond motifs is 1. The maximum atomic E-state index is 12.3. The summed E-state index contributed by atoms with van der Waals surface area (Å²) in [7, 11) is 0. The molecule has 0 aliphatic carbocycles. The molecule has 5 nitrogen and oxygen atoms in total. The van der Waals surface area contributed by atoms with Gasteiger partial charge in [-0.05, 0) is 55.7 Å². The van der Waals surface area contributed by atoms with Crippen molar-refractivity contribution in [3.05, 3.63) is 53.6 Å². The summed E-state index contributed by atoms with van der Waals surface area (Å²) in [6.45, 7) is 5.17. The van der Waals surface area contributed by atoms with Gasteiger partial charge in [-0.1, -0.05) is 18.2 Å². The molecule has 2 aromatic carbocycles. The fraction of sp³-hybridized carbons (Fsp3) is 0.350. The van der Waals surface area contributed by atoms with E-state index >= 15 is 0 Å². The average molecular weight is 340 g/mol. The van der Waals surface area contributed by atoms with Crippen molar-refractivity contribution >= 4 is 11.6 Å². The summed E-state index contributed by atoms with van der Waals surface area (Å²) >= 11 is 0. The number of benzene rings is 2. The molecule has 1 heterocycles. The van der Waals surface area contributed by atoms with Gasteiger partial charge >= 0.3 is 0 Å². The number of hydrogen-bond acceptors (Lipinski definition) is 4. The number of anilines is 1. The van der Waals surface area contributed by atoms with Crippen molar-refractivity contribution in [1.29, 1.82) is 0 Å². The number of aryl methyl sites for hydroxylation is 1. The minimum absolute atomic E-state index is 0.0371. The van der Waals surface area contributed by atoms with Crippen LogP contribution in [0.4, 0.5) is 5.69 Å². The van der Waals surface area contributed by atoms with Gasteiger partial charge in [0.25, 0.3) is 5.91 Å². The molecule has 0 saturated carbocycles. The third kappa shape index (κ3) is 4.12. The summed E-state index contributed by atoms with van der Waals surface area (Å²) in [6, 6.07) is 13.6. The first-order chi connectivity index (χ1) is 12.0. The van der Waals surface area contributed by atoms with E-state index in [1.165, 1.54) is 5.56 Å². The van der Waals surface area contributed by atoms with Crippen LogP contribution in [0.25, 0.3) is 0 Å². The van der Waals surface area contributed by atoms with E-state index in [0.29, 0.717) is 13.2 Å². The molecular weight excluding hydrogens is 316 g/mol. The van der Waals surface area contributed by atoms with E-state index in [0.717, 1.165) is 29.2 Å². The quantitative estimate of drug-likeness (QED) is 0.820. The summed E-state index contributed by atoms with van der Waals surface area (Å²) in [5.74, 6) is 1.54. The van der Waals surface area contributed by atoms with E-state index in [1.807, 2.05) is 56.3 Å². The zero-order valence-corrected chi connectivity index (χ0v) is 14.7. The Kier molecular flexibility index (Phi) is 5.24. The molecule has 2 N–H and O–H groups in total. The summed E-state index contributed by atoms with van der Waals surface area (Å²) in [5, 5.41) is 0. The Morgan fingerprint density at radius 1 is 1.28 bits per heavy atom. The Morgan fingerprint density at radius 2 is 2.12 bits per heavy atom. The Labute approximate surface area is 148 Å². The first-order valence-electron chi connectivity index (χ1n) is 8.57. The second-order valence-electron chi connectivity index (χ2n) is 6.37. The van der Waals surface area contributed by atoms with Gasteiger partial charge in [0.15, 0.2) is 6.61 Å². The van der Waals surface area contributed by atoms with Crippen LogP contribution in [0.1, 0.15) is 30.5 Å². The van der Waals surface area contributed by atoms with Crippen molar-refractivity contribution in [2.75, 3.05) is 24.7 Å². The van der Waals surface area contributed by atoms with Crippen LogP contribution in [0.15, 0.2) is 42.5 Å². The highest BCUT2D eigenvalue weighted by Gasteiger charge is 2.25. The molecule has 5 heteroatoms. The Bertz CT molecular complexity index is 758. The number of rotatable bonds is 6. The third-order valence-corrected chi connectivity index (χ3v) is 4.24. The summed E-state index contributed by atoms with van der Waals surface area (Å²) in [4.78, 5) is 14.0. The minimum Gasteiger partial charge on any atom is -0.494 e. The maximum absolute atomic E-state index is 12.3. The molecule has 0 bridgehead atoms. The zero-order valence-electron chi connectivity index (χ0n) is 14.7. The number of nitrogens with two attached hydrogens (primary N) is 1. The third-order valence-electron chi connectivity index (χ3n) is 4.24. The molecule has 0 fully saturated rings. The second kappa shape index (κ2) is 7.57. The van der Waals surface area contributed by atoms with Gasteiger partial charge in [0, 0.05) is 12.6 Å². The largest absolute Gasteiger partial charge is 0.494 e. The second-order valence-corrected chi connectivity index (χ2v) is 6.37. The summed E-state index contributed by atoms with van der Waals surface area (Å²) < 4.78 is 11.3. The van der Waals surface area contributed by atoms with E-state index in [9.17, 15) is 4.79 Å². The normalized spacial score (nSPS) is 14.7. The molecule has 0 aromatic heterocycles. The number of hydrogen-bond donors (Lipinski definition) is 1. The molecule has 2 aromatic rings. The van der Waals surface area contributed by atoms with Gasteiger partial charge in [0.1, 0.15) is 11.5 Å². The highest BCUT2D eigenvalue weighted by atomic mass is 16.5. The Morgan fingerprint density at radius 3 is 2.88 bits per heavy atom. The van der Waals surface area contributed by atoms with Crippen molar-refractivity contribution in [3.63, 3.8) is 0 Å². The van der Waals surface area contributed by atoms with Gasteiger partial charge in [-0.3, -0.25) is 4.79 Å². The van der Waals surface area contributed by atoms with Gasteiger partial charge in [-0.15, -0.1) is 0 Å². The molecule has 1 atom stereocenters. The van der Waals surface area contributed by atoms with Crippen molar-refractivity contribution in [2.45, 2.75) is 26.3 Å². The molecule has 3 rings (SSSR count). The fourth-order valence-electron chi connectivity index (χ4n) is 2.87. The van der Waals surface area contributed by atoms with Crippen LogP contribution in [0.3, 0.4) is 0 Å². The van der Waals surface area contributed by atoms with Crippen LogP contribution in [-0.2, 0) is 4.79 Å². The Hall–Kier alpha value is -2.53. The lowest BCUT2D eigenvalue weighted by molar-refractivity contribution is -0.121. The molecule has 132 valence electrons. The van der Waals surface area contributed by atoms with Gasteiger partial charge in [-0.25, -0.2) is 0 Å². The number of carbonyl (C=O) groups excluding carboxylic acids is 1. The number of amides is 1. The summed E-state index contributed by atoms with van der Waals surface area (Å²) in [6.07, 6.45) is 0.738. The maximum Gasteiger partial charge on any atom is 0.265 e. The lowest BCUT2D eigenvalue weighted by Crippen LogP contribution is -2.40. The predicted octanol–water partition coefficient (Wildman–Crippen LogP) is 3.21. The van der Waals surface area contributed by atoms with Crippen LogP contribution >= 0.6 is 0 Å². The van der Waals surface area contributed by atoms with E-state index in [4.69, 9.17) is 15.2 Å². The van der Waals surface area contributed by atoms with Crippen LogP contribution in [-0.4, -0.2) is 25.7 Å². The SMILES string of the molecule is Cc1cccc(OCCCN2C(=O)COc3ccc(C(C)N)cc32)c1. The van der Waals surface area contributed by atoms with E-state index in [2.05, 4.69) is 0 Å². The van der Waals surface area contributed by atoms with Crippen molar-refractivity contribution in [3.8, 4) is 11.5 Å². The van der Waals surface area contributed by atoms with Crippen LogP contribution in [0, 0.1) is 6.92 Å². The minimum atomic E-state index is -0.0890. The van der Waals surface area contributed by atoms with E-state index in [1.54, 1.807) is 4.90 Å². The molecule has 0 saturated heterocycles. The molecule has 1 aliphatic heterocycles. The lowest BCUT2D eigenvalue weighted by Gasteiger charge is -2.30. The zero-order chi connectivity index (χ0) is 17.8. The highest BCUT2D eigenvalue weighted by molar-refractivity contribution is 5.97. The van der Waals surface area contributed by atoms with E-state index < -0.39 is 0 Å². The first kappa shape index (κ1) is 17.3. The van der Waals surface area contributed by atoms with Crippen molar-refractivity contribution in [2.24, 2.45) is 5.73 Å². The average Bonchev–Trinajstić information content (AvgIpc) is 2.59. The molecule has 1 aliphatic rings. The molecule has 0 spiro atoms. The Balaban J connectivity index is 1.64. The lowest BCUT2D eigenvalue weighted by atomic mass is 10.1. The number of carbonyl (C=O) groups is 1. The number of nitrogens with zero attached hydrogens (tertiary/aromatic N) is 1. The molecule has 25 heavy (non-hydrogen) atoms. The first-order valence-corrected chi connectivity index (χ1v) is 8.57. The molecule has 1 unspecified atom stereocenters. The van der Waals surface area contributed by atoms with E-state index in [-0.39, 0.29) is 18.6 Å². The van der Waals surface area contributed by atoms with Crippen LogP contribution < -0.4 is 20.1 Å². The summed E-state index contributed by atoms with van der Waals surface area (Å²) in [5.41, 5.74) is 8.90.